The van der Waals surface area contributed by atoms with E-state index in [1.807, 2.05) is 36.4 Å². The molecule has 4 rings (SSSR count). The Hall–Kier alpha value is -3.23. The summed E-state index contributed by atoms with van der Waals surface area (Å²) < 4.78 is 0. The second-order valence-corrected chi connectivity index (χ2v) is 9.44. The van der Waals surface area contributed by atoms with Gasteiger partial charge in [-0.3, -0.25) is 19.3 Å². The molecule has 34 heavy (non-hydrogen) atoms. The lowest BCUT2D eigenvalue weighted by molar-refractivity contribution is -0.131. The van der Waals surface area contributed by atoms with Crippen molar-refractivity contribution in [2.24, 2.45) is 0 Å². The maximum absolute atomic E-state index is 13.4. The first-order valence-electron chi connectivity index (χ1n) is 11.6. The van der Waals surface area contributed by atoms with Gasteiger partial charge >= 0.3 is 0 Å². The molecule has 2 aromatic carbocycles. The van der Waals surface area contributed by atoms with Crippen molar-refractivity contribution in [2.75, 3.05) is 46.1 Å². The zero-order valence-electron chi connectivity index (χ0n) is 20.0. The van der Waals surface area contributed by atoms with Gasteiger partial charge in [-0.2, -0.15) is 0 Å². The maximum atomic E-state index is 13.4. The Labute approximate surface area is 200 Å². The fourth-order valence-electron chi connectivity index (χ4n) is 4.66. The molecular weight excluding hydrogens is 432 g/mol. The summed E-state index contributed by atoms with van der Waals surface area (Å²) in [6.45, 7) is 1.90. The minimum Gasteiger partial charge on any atom is -0.392 e. The Bertz CT molecular complexity index is 1100. The number of likely N-dealkylation sites (N-methyl/N-ethyl adjacent to an activating group) is 1. The van der Waals surface area contributed by atoms with Gasteiger partial charge in [0.2, 0.25) is 11.8 Å². The number of anilines is 1. The van der Waals surface area contributed by atoms with Crippen molar-refractivity contribution < 1.29 is 19.5 Å². The molecule has 2 aromatic rings. The minimum atomic E-state index is -0.357. The smallest absolute Gasteiger partial charge is 0.253 e. The van der Waals surface area contributed by atoms with E-state index in [0.717, 1.165) is 28.9 Å². The molecule has 2 N–H and O–H groups in total. The van der Waals surface area contributed by atoms with Crippen LogP contribution in [0.15, 0.2) is 42.5 Å². The largest absolute Gasteiger partial charge is 0.392 e. The number of carbonyl (C=O) groups excluding carboxylic acids is 3. The number of hydrogen-bond donors (Lipinski definition) is 2. The number of aliphatic hydroxyl groups is 1. The highest BCUT2D eigenvalue weighted by molar-refractivity contribution is 5.99. The zero-order chi connectivity index (χ0) is 24.4. The highest BCUT2D eigenvalue weighted by Gasteiger charge is 2.29. The number of nitrogens with zero attached hydrogens (tertiary/aromatic N) is 3. The van der Waals surface area contributed by atoms with Crippen LogP contribution in [-0.4, -0.2) is 84.4 Å². The van der Waals surface area contributed by atoms with Crippen molar-refractivity contribution in [3.63, 3.8) is 0 Å². The minimum absolute atomic E-state index is 0.0318. The molecule has 2 heterocycles. The standard InChI is InChI=1S/C26H32N4O4/c1-28(2)26(34)20-6-4-5-19(13-20)23(16-30-10-9-21(31)15-30)29(3)25(33)12-17-7-8-18-14-24(32)27-22(18)11-17/h4-8,11,13,21,23,31H,9-10,12,14-16H2,1-3H3,(H,27,32)/t21-,23-/m1/s1. The number of nitrogens with one attached hydrogen (secondary N) is 1. The van der Waals surface area contributed by atoms with E-state index in [1.54, 1.807) is 32.1 Å². The molecule has 0 saturated carbocycles. The summed E-state index contributed by atoms with van der Waals surface area (Å²) in [7, 11) is 5.22. The molecule has 1 saturated heterocycles. The van der Waals surface area contributed by atoms with E-state index in [-0.39, 0.29) is 36.3 Å². The van der Waals surface area contributed by atoms with Gasteiger partial charge in [-0.05, 0) is 41.3 Å². The molecule has 2 aliphatic rings. The lowest BCUT2D eigenvalue weighted by Gasteiger charge is -2.32. The van der Waals surface area contributed by atoms with Gasteiger partial charge in [-0.1, -0.05) is 24.3 Å². The molecule has 0 aromatic heterocycles. The Balaban J connectivity index is 1.56. The van der Waals surface area contributed by atoms with Crippen LogP contribution in [-0.2, 0) is 22.4 Å². The predicted octanol–water partition coefficient (Wildman–Crippen LogP) is 1.69. The van der Waals surface area contributed by atoms with Crippen LogP contribution >= 0.6 is 0 Å². The van der Waals surface area contributed by atoms with Crippen LogP contribution in [0.4, 0.5) is 5.69 Å². The van der Waals surface area contributed by atoms with Crippen LogP contribution in [0.3, 0.4) is 0 Å². The summed E-state index contributed by atoms with van der Waals surface area (Å²) in [4.78, 5) is 43.0. The first-order valence-corrected chi connectivity index (χ1v) is 11.6. The summed E-state index contributed by atoms with van der Waals surface area (Å²) in [5, 5.41) is 12.8. The summed E-state index contributed by atoms with van der Waals surface area (Å²) in [6, 6.07) is 12.8. The second-order valence-electron chi connectivity index (χ2n) is 9.44. The van der Waals surface area contributed by atoms with Crippen LogP contribution in [0, 0.1) is 0 Å². The third-order valence-electron chi connectivity index (χ3n) is 6.62. The first kappa shape index (κ1) is 23.9. The number of likely N-dealkylation sites (tertiary alicyclic amines) is 1. The van der Waals surface area contributed by atoms with Gasteiger partial charge < -0.3 is 20.2 Å². The highest BCUT2D eigenvalue weighted by atomic mass is 16.3. The van der Waals surface area contributed by atoms with Gasteiger partial charge in [0.1, 0.15) is 0 Å². The summed E-state index contributed by atoms with van der Waals surface area (Å²) >= 11 is 0. The van der Waals surface area contributed by atoms with Gasteiger partial charge in [0.25, 0.3) is 5.91 Å². The monoisotopic (exact) mass is 464 g/mol. The van der Waals surface area contributed by atoms with Crippen molar-refractivity contribution >= 4 is 23.4 Å². The number of aliphatic hydroxyl groups excluding tert-OH is 1. The molecule has 0 unspecified atom stereocenters. The van der Waals surface area contributed by atoms with E-state index in [0.29, 0.717) is 31.5 Å². The molecule has 2 atom stereocenters. The van der Waals surface area contributed by atoms with Gasteiger partial charge in [0, 0.05) is 52.0 Å². The van der Waals surface area contributed by atoms with Crippen LogP contribution in [0.1, 0.15) is 39.5 Å². The fraction of sp³-hybridized carbons (Fsp3) is 0.423. The molecule has 0 aliphatic carbocycles. The molecule has 1 fully saturated rings. The highest BCUT2D eigenvalue weighted by Crippen LogP contribution is 2.27. The number of fused-ring (bicyclic) bond motifs is 1. The average Bonchev–Trinajstić information content (AvgIpc) is 3.39. The molecule has 2 aliphatic heterocycles. The van der Waals surface area contributed by atoms with Crippen LogP contribution in [0.5, 0.6) is 0 Å². The van der Waals surface area contributed by atoms with Crippen molar-refractivity contribution in [1.29, 1.82) is 0 Å². The van der Waals surface area contributed by atoms with E-state index in [1.165, 1.54) is 4.90 Å². The summed E-state index contributed by atoms with van der Waals surface area (Å²) in [5.41, 5.74) is 4.01. The zero-order valence-corrected chi connectivity index (χ0v) is 20.0. The maximum Gasteiger partial charge on any atom is 0.253 e. The van der Waals surface area contributed by atoms with E-state index in [2.05, 4.69) is 10.2 Å². The Morgan fingerprint density at radius 2 is 1.97 bits per heavy atom. The van der Waals surface area contributed by atoms with Gasteiger partial charge in [-0.25, -0.2) is 0 Å². The van der Waals surface area contributed by atoms with Crippen molar-refractivity contribution in [2.45, 2.75) is 31.4 Å². The Kier molecular flexibility index (Phi) is 7.00. The first-order chi connectivity index (χ1) is 16.2. The number of carbonyl (C=O) groups is 3. The average molecular weight is 465 g/mol. The topological polar surface area (TPSA) is 93.2 Å². The van der Waals surface area contributed by atoms with Crippen molar-refractivity contribution in [3.8, 4) is 0 Å². The van der Waals surface area contributed by atoms with Crippen LogP contribution < -0.4 is 5.32 Å². The van der Waals surface area contributed by atoms with Crippen LogP contribution in [0.25, 0.3) is 0 Å². The molecule has 0 spiro atoms. The van der Waals surface area contributed by atoms with Gasteiger partial charge in [-0.15, -0.1) is 0 Å². The van der Waals surface area contributed by atoms with Crippen molar-refractivity contribution in [1.82, 2.24) is 14.7 Å². The third kappa shape index (κ3) is 5.29. The molecule has 8 heteroatoms. The number of amides is 3. The lowest BCUT2D eigenvalue weighted by Crippen LogP contribution is -2.39. The predicted molar refractivity (Wildman–Crippen MR) is 130 cm³/mol. The molecule has 180 valence electrons. The second kappa shape index (κ2) is 9.95. The third-order valence-corrected chi connectivity index (χ3v) is 6.62. The number of β-amino-alcohol motifs (C(OH)–C–C–N with tert-alkyl or cyclic N) is 1. The molecule has 8 nitrogen and oxygen atoms in total. The summed E-state index contributed by atoms with van der Waals surface area (Å²) in [5.74, 6) is -0.180. The Morgan fingerprint density at radius 1 is 1.18 bits per heavy atom. The lowest BCUT2D eigenvalue weighted by atomic mass is 10.0. The SMILES string of the molecule is CN(C)C(=O)c1cccc([C@@H](CN2CC[C@@H](O)C2)N(C)C(=O)Cc2ccc3c(c2)NC(=O)C3)c1. The van der Waals surface area contributed by atoms with Crippen molar-refractivity contribution in [3.05, 3.63) is 64.7 Å². The van der Waals surface area contributed by atoms with Gasteiger partial charge in [0.15, 0.2) is 0 Å². The molecule has 0 bridgehead atoms. The Morgan fingerprint density at radius 3 is 2.68 bits per heavy atom. The fourth-order valence-corrected chi connectivity index (χ4v) is 4.66. The number of benzene rings is 2. The molecule has 3 amide bonds. The summed E-state index contributed by atoms with van der Waals surface area (Å²) in [6.07, 6.45) is 0.930. The normalized spacial score (nSPS) is 18.4. The van der Waals surface area contributed by atoms with E-state index < -0.39 is 0 Å². The quantitative estimate of drug-likeness (QED) is 0.651. The van der Waals surface area contributed by atoms with Gasteiger partial charge in [0.05, 0.1) is 25.0 Å². The molecule has 0 radical (unpaired) electrons. The van der Waals surface area contributed by atoms with E-state index >= 15 is 0 Å². The van der Waals surface area contributed by atoms with Crippen LogP contribution in [0.2, 0.25) is 0 Å². The number of rotatable bonds is 7. The number of hydrogen-bond acceptors (Lipinski definition) is 5. The molecular formula is C26H32N4O4. The van der Waals surface area contributed by atoms with E-state index in [9.17, 15) is 19.5 Å². The van der Waals surface area contributed by atoms with E-state index in [4.69, 9.17) is 0 Å².